The first-order chi connectivity index (χ1) is 35.6. The van der Waals surface area contributed by atoms with Crippen LogP contribution in [0.3, 0.4) is 0 Å². The van der Waals surface area contributed by atoms with E-state index >= 15 is 0 Å². The molecule has 1 N–H and O–H groups in total. The van der Waals surface area contributed by atoms with Gasteiger partial charge in [0.05, 0.1) is 33.3 Å². The number of fused-ring (bicyclic) bond motifs is 4. The summed E-state index contributed by atoms with van der Waals surface area (Å²) >= 11 is 0. The Balaban J connectivity index is 0.00000657. The van der Waals surface area contributed by atoms with Gasteiger partial charge in [0.2, 0.25) is 0 Å². The van der Waals surface area contributed by atoms with Crippen LogP contribution >= 0.6 is 0 Å². The maximum Gasteiger partial charge on any atom is 0.148 e. The third-order valence-electron chi connectivity index (χ3n) is 15.0. The van der Waals surface area contributed by atoms with Crippen LogP contribution in [0.15, 0.2) is 182 Å². The molecular formula is C70H67N4OPt-. The first-order valence-corrected chi connectivity index (χ1v) is 26.4. The number of aromatic nitrogens is 4. The number of para-hydroxylation sites is 4. The molecule has 0 fully saturated rings. The number of phenolic OH excluding ortho intramolecular Hbond substituents is 1. The summed E-state index contributed by atoms with van der Waals surface area (Å²) in [5, 5.41) is 14.0. The van der Waals surface area contributed by atoms with Crippen molar-refractivity contribution in [1.29, 1.82) is 0 Å². The summed E-state index contributed by atoms with van der Waals surface area (Å²) < 4.78 is 4.71. The van der Waals surface area contributed by atoms with Crippen molar-refractivity contribution in [3.05, 3.63) is 210 Å². The Bertz CT molecular complexity index is 3970. The fourth-order valence-corrected chi connectivity index (χ4v) is 10.6. The van der Waals surface area contributed by atoms with Gasteiger partial charge in [-0.3, -0.25) is 9.55 Å². The Kier molecular flexibility index (Phi) is 13.3. The quantitative estimate of drug-likeness (QED) is 0.162. The molecule has 0 aliphatic carbocycles. The predicted octanol–water partition coefficient (Wildman–Crippen LogP) is 18.5. The standard InChI is InChI=1S/C70H67N4O.Pt/c1-67(2,3)48-32-33-61(58(43-48)44-22-14-13-15-23-44)74-62-30-21-26-53(64(62)72-66(74)57-25-17-19-31-63(57)75)46-36-47(38-49(37-46)68(4,5)6)59-39-45(34-35-71-59)54-27-20-28-56-55-24-16-18-29-60(55)73(65(54)56)52-41-50(69(7,8)9)40-51(42-52)70(10,11)12;/h13-35,37-43,75H,1-12H3;/q-1;. The fourth-order valence-electron chi connectivity index (χ4n) is 10.6. The average molecular weight is 1180 g/mol. The van der Waals surface area contributed by atoms with E-state index in [1.165, 1.54) is 38.5 Å². The normalized spacial score (nSPS) is 12.4. The number of rotatable bonds is 7. The van der Waals surface area contributed by atoms with Crippen molar-refractivity contribution in [3.63, 3.8) is 0 Å². The summed E-state index contributed by atoms with van der Waals surface area (Å²) in [6.07, 6.45) is 1.95. The molecule has 3 aromatic heterocycles. The van der Waals surface area contributed by atoms with Crippen molar-refractivity contribution in [2.24, 2.45) is 0 Å². The molecule has 0 amide bonds. The second-order valence-electron chi connectivity index (χ2n) is 24.5. The van der Waals surface area contributed by atoms with Gasteiger partial charge in [0.25, 0.3) is 0 Å². The molecule has 11 aromatic rings. The van der Waals surface area contributed by atoms with E-state index in [9.17, 15) is 5.11 Å². The maximum atomic E-state index is 11.6. The SMILES string of the molecule is CC(C)(C)c1cc(-c2cc(-c3cccc4c5ccccc5n(-c5cc(C(C)(C)C)cc(C(C)(C)C)c5)c34)ccn2)[c-]c(-c2cccc3c2nc(-c2ccccc2O)n3-c2ccc(C(C)(C)C)cc2-c2ccccc2)c1.[Pt]. The van der Waals surface area contributed by atoms with Crippen LogP contribution in [0.25, 0.3) is 100 Å². The van der Waals surface area contributed by atoms with Gasteiger partial charge >= 0.3 is 0 Å². The molecule has 3 heterocycles. The number of aromatic hydroxyl groups is 1. The molecule has 8 aromatic carbocycles. The van der Waals surface area contributed by atoms with Crippen LogP contribution in [0.4, 0.5) is 0 Å². The Labute approximate surface area is 463 Å². The molecule has 0 bridgehead atoms. The third-order valence-corrected chi connectivity index (χ3v) is 15.0. The number of benzene rings is 8. The van der Waals surface area contributed by atoms with Crippen molar-refractivity contribution in [2.75, 3.05) is 0 Å². The van der Waals surface area contributed by atoms with Crippen LogP contribution in [0.1, 0.15) is 105 Å². The van der Waals surface area contributed by atoms with Gasteiger partial charge in [-0.05, 0) is 104 Å². The van der Waals surface area contributed by atoms with E-state index in [0.717, 1.165) is 72.6 Å². The molecule has 0 saturated carbocycles. The number of phenols is 1. The molecule has 11 rings (SSSR count). The van der Waals surface area contributed by atoms with E-state index in [1.54, 1.807) is 6.07 Å². The first kappa shape index (κ1) is 52.1. The van der Waals surface area contributed by atoms with E-state index in [4.69, 9.17) is 9.97 Å². The monoisotopic (exact) mass is 1170 g/mol. The Morgan fingerprint density at radius 2 is 1.01 bits per heavy atom. The summed E-state index contributed by atoms with van der Waals surface area (Å²) in [7, 11) is 0. The zero-order valence-corrected chi connectivity index (χ0v) is 48.1. The number of nitrogens with zero attached hydrogens (tertiary/aromatic N) is 4. The first-order valence-electron chi connectivity index (χ1n) is 26.4. The summed E-state index contributed by atoms with van der Waals surface area (Å²) in [5.74, 6) is 0.825. The van der Waals surface area contributed by atoms with E-state index in [2.05, 4.69) is 250 Å². The Morgan fingerprint density at radius 1 is 0.434 bits per heavy atom. The second-order valence-corrected chi connectivity index (χ2v) is 24.5. The molecule has 0 atom stereocenters. The van der Waals surface area contributed by atoms with Crippen LogP contribution in [0, 0.1) is 6.07 Å². The second kappa shape index (κ2) is 19.4. The summed E-state index contributed by atoms with van der Waals surface area (Å²) in [4.78, 5) is 10.7. The average Bonchev–Trinajstić information content (AvgIpc) is 3.94. The molecule has 5 nitrogen and oxygen atoms in total. The topological polar surface area (TPSA) is 55.9 Å². The van der Waals surface area contributed by atoms with Crippen molar-refractivity contribution >= 4 is 32.8 Å². The molecule has 0 radical (unpaired) electrons. The van der Waals surface area contributed by atoms with Gasteiger partial charge in [-0.2, -0.15) is 0 Å². The van der Waals surface area contributed by atoms with Crippen LogP contribution in [-0.4, -0.2) is 24.2 Å². The number of imidazole rings is 1. The zero-order chi connectivity index (χ0) is 52.8. The van der Waals surface area contributed by atoms with E-state index in [0.29, 0.717) is 11.4 Å². The van der Waals surface area contributed by atoms with Gasteiger partial charge in [-0.15, -0.1) is 29.3 Å². The van der Waals surface area contributed by atoms with Crippen LogP contribution in [-0.2, 0) is 42.7 Å². The molecule has 0 aliphatic heterocycles. The van der Waals surface area contributed by atoms with Crippen LogP contribution in [0.2, 0.25) is 0 Å². The van der Waals surface area contributed by atoms with E-state index in [-0.39, 0.29) is 48.5 Å². The number of pyridine rings is 1. The van der Waals surface area contributed by atoms with Crippen molar-refractivity contribution in [1.82, 2.24) is 19.1 Å². The minimum absolute atomic E-state index is 0. The summed E-state index contributed by atoms with van der Waals surface area (Å²) in [6.45, 7) is 27.4. The zero-order valence-electron chi connectivity index (χ0n) is 45.9. The predicted molar refractivity (Wildman–Crippen MR) is 316 cm³/mol. The minimum atomic E-state index is -0.204. The van der Waals surface area contributed by atoms with Gasteiger partial charge in [0.15, 0.2) is 0 Å². The molecule has 0 spiro atoms. The van der Waals surface area contributed by atoms with Crippen molar-refractivity contribution in [2.45, 2.75) is 105 Å². The number of hydrogen-bond acceptors (Lipinski definition) is 3. The molecular weight excluding hydrogens is 1110 g/mol. The smallest absolute Gasteiger partial charge is 0.148 e. The molecule has 0 aliphatic rings. The molecule has 0 saturated heterocycles. The molecule has 6 heteroatoms. The van der Waals surface area contributed by atoms with Gasteiger partial charge in [-0.25, -0.2) is 4.98 Å². The summed E-state index contributed by atoms with van der Waals surface area (Å²) in [6, 6.07) is 66.8. The van der Waals surface area contributed by atoms with Crippen molar-refractivity contribution < 1.29 is 26.2 Å². The molecule has 0 unspecified atom stereocenters. The van der Waals surface area contributed by atoms with Crippen LogP contribution < -0.4 is 0 Å². The fraction of sp³-hybridized carbons (Fsp3) is 0.229. The van der Waals surface area contributed by atoms with Gasteiger partial charge in [0, 0.05) is 60.5 Å². The summed E-state index contributed by atoms with van der Waals surface area (Å²) in [5.41, 5.74) is 19.5. The van der Waals surface area contributed by atoms with E-state index in [1.807, 2.05) is 24.4 Å². The molecule has 384 valence electrons. The Hall–Kier alpha value is -7.33. The van der Waals surface area contributed by atoms with E-state index < -0.39 is 0 Å². The molecule has 76 heavy (non-hydrogen) atoms. The Morgan fingerprint density at radius 3 is 1.71 bits per heavy atom. The van der Waals surface area contributed by atoms with Gasteiger partial charge in [-0.1, -0.05) is 203 Å². The van der Waals surface area contributed by atoms with Crippen LogP contribution in [0.5, 0.6) is 5.75 Å². The van der Waals surface area contributed by atoms with Gasteiger partial charge < -0.3 is 9.67 Å². The number of hydrogen-bond donors (Lipinski definition) is 1. The maximum absolute atomic E-state index is 11.6. The third kappa shape index (κ3) is 9.53. The largest absolute Gasteiger partial charge is 0.507 e. The van der Waals surface area contributed by atoms with Crippen molar-refractivity contribution in [3.8, 4) is 73.2 Å². The minimum Gasteiger partial charge on any atom is -0.507 e. The van der Waals surface area contributed by atoms with Gasteiger partial charge in [0.1, 0.15) is 11.6 Å².